The van der Waals surface area contributed by atoms with E-state index in [0.29, 0.717) is 6.10 Å². The van der Waals surface area contributed by atoms with Gasteiger partial charge in [0.15, 0.2) is 0 Å². The van der Waals surface area contributed by atoms with Gasteiger partial charge in [0.1, 0.15) is 0 Å². The van der Waals surface area contributed by atoms with E-state index >= 15 is 0 Å². The van der Waals surface area contributed by atoms with E-state index in [1.165, 1.54) is 11.5 Å². The molecule has 0 spiro atoms. The Morgan fingerprint density at radius 2 is 2.57 bits per heavy atom. The number of hydrogen-bond donors (Lipinski definition) is 0. The van der Waals surface area contributed by atoms with Gasteiger partial charge in [0.2, 0.25) is 0 Å². The number of ether oxygens (including phenoxy) is 1. The minimum absolute atomic E-state index is 0.616. The van der Waals surface area contributed by atoms with Crippen molar-refractivity contribution in [2.24, 2.45) is 0 Å². The SMILES string of the molecule is CCSC[C@@H]1CO1. The lowest BCUT2D eigenvalue weighted by molar-refractivity contribution is 0.426. The molecule has 2 heteroatoms. The van der Waals surface area contributed by atoms with Crippen molar-refractivity contribution in [1.29, 1.82) is 0 Å². The predicted molar refractivity (Wildman–Crippen MR) is 32.7 cm³/mol. The van der Waals surface area contributed by atoms with Gasteiger partial charge in [-0.1, -0.05) is 6.92 Å². The number of rotatable bonds is 3. The predicted octanol–water partition coefficient (Wildman–Crippen LogP) is 1.14. The summed E-state index contributed by atoms with van der Waals surface area (Å²) in [5, 5.41) is 0. The van der Waals surface area contributed by atoms with Crippen LogP contribution in [0.4, 0.5) is 0 Å². The van der Waals surface area contributed by atoms with E-state index in [-0.39, 0.29) is 0 Å². The molecule has 0 aliphatic carbocycles. The fourth-order valence-corrected chi connectivity index (χ4v) is 1.10. The fourth-order valence-electron chi connectivity index (χ4n) is 0.414. The summed E-state index contributed by atoms with van der Waals surface area (Å²) in [6.07, 6.45) is 0.616. The van der Waals surface area contributed by atoms with Crippen LogP contribution in [0.15, 0.2) is 0 Å². The van der Waals surface area contributed by atoms with Gasteiger partial charge in [0.05, 0.1) is 12.7 Å². The molecule has 0 aromatic rings. The van der Waals surface area contributed by atoms with Gasteiger partial charge in [-0.05, 0) is 5.75 Å². The number of thioether (sulfide) groups is 1. The van der Waals surface area contributed by atoms with Gasteiger partial charge in [-0.2, -0.15) is 11.8 Å². The normalized spacial score (nSPS) is 27.9. The Kier molecular flexibility index (Phi) is 2.00. The lowest BCUT2D eigenvalue weighted by Crippen LogP contribution is -1.87. The molecule has 0 aromatic carbocycles. The Hall–Kier alpha value is 0.310. The van der Waals surface area contributed by atoms with Gasteiger partial charge in [-0.15, -0.1) is 0 Å². The summed E-state index contributed by atoms with van der Waals surface area (Å²) in [6.45, 7) is 3.18. The summed E-state index contributed by atoms with van der Waals surface area (Å²) in [5.41, 5.74) is 0. The van der Waals surface area contributed by atoms with Gasteiger partial charge in [-0.25, -0.2) is 0 Å². The van der Waals surface area contributed by atoms with Crippen LogP contribution in [0, 0.1) is 0 Å². The molecule has 0 saturated carbocycles. The number of epoxide rings is 1. The second-order valence-electron chi connectivity index (χ2n) is 1.61. The maximum Gasteiger partial charge on any atom is 0.0900 e. The van der Waals surface area contributed by atoms with E-state index in [1.807, 2.05) is 11.8 Å². The molecule has 1 heterocycles. The Morgan fingerprint density at radius 3 is 3.00 bits per heavy atom. The highest BCUT2D eigenvalue weighted by Gasteiger charge is 2.20. The van der Waals surface area contributed by atoms with E-state index in [0.717, 1.165) is 6.61 Å². The molecule has 1 aliphatic rings. The Labute approximate surface area is 48.4 Å². The molecule has 1 fully saturated rings. The first kappa shape index (κ1) is 5.45. The van der Waals surface area contributed by atoms with Crippen LogP contribution in [-0.4, -0.2) is 24.2 Å². The first-order valence-corrected chi connectivity index (χ1v) is 3.78. The topological polar surface area (TPSA) is 12.5 Å². The zero-order valence-electron chi connectivity index (χ0n) is 4.52. The molecular formula is C5H10OS. The monoisotopic (exact) mass is 118 g/mol. The van der Waals surface area contributed by atoms with Crippen molar-refractivity contribution in [1.82, 2.24) is 0 Å². The first-order valence-electron chi connectivity index (χ1n) is 2.63. The molecular weight excluding hydrogens is 108 g/mol. The van der Waals surface area contributed by atoms with Crippen molar-refractivity contribution in [3.63, 3.8) is 0 Å². The molecule has 1 aliphatic heterocycles. The molecule has 0 bridgehead atoms. The van der Waals surface area contributed by atoms with E-state index < -0.39 is 0 Å². The lowest BCUT2D eigenvalue weighted by atomic mass is 10.6. The van der Waals surface area contributed by atoms with Gasteiger partial charge in [0, 0.05) is 5.75 Å². The van der Waals surface area contributed by atoms with Gasteiger partial charge in [0.25, 0.3) is 0 Å². The highest BCUT2D eigenvalue weighted by atomic mass is 32.2. The zero-order chi connectivity index (χ0) is 5.11. The lowest BCUT2D eigenvalue weighted by Gasteiger charge is -1.87. The molecule has 0 amide bonds. The van der Waals surface area contributed by atoms with Crippen LogP contribution in [0.25, 0.3) is 0 Å². The zero-order valence-corrected chi connectivity index (χ0v) is 5.33. The summed E-state index contributed by atoms with van der Waals surface area (Å²) in [4.78, 5) is 0. The average molecular weight is 118 g/mol. The molecule has 1 rings (SSSR count). The Bertz CT molecular complexity index is 52.0. The average Bonchev–Trinajstić information content (AvgIpc) is 2.42. The quantitative estimate of drug-likeness (QED) is 0.515. The van der Waals surface area contributed by atoms with Crippen LogP contribution in [-0.2, 0) is 4.74 Å². The minimum Gasteiger partial charge on any atom is -0.372 e. The molecule has 42 valence electrons. The van der Waals surface area contributed by atoms with Gasteiger partial charge < -0.3 is 4.74 Å². The van der Waals surface area contributed by atoms with Crippen LogP contribution in [0.1, 0.15) is 6.92 Å². The van der Waals surface area contributed by atoms with Crippen LogP contribution < -0.4 is 0 Å². The molecule has 0 aromatic heterocycles. The first-order chi connectivity index (χ1) is 3.43. The van der Waals surface area contributed by atoms with E-state index in [1.54, 1.807) is 0 Å². The van der Waals surface area contributed by atoms with E-state index in [4.69, 9.17) is 4.74 Å². The van der Waals surface area contributed by atoms with Crippen molar-refractivity contribution in [2.75, 3.05) is 18.1 Å². The summed E-state index contributed by atoms with van der Waals surface area (Å²) in [7, 11) is 0. The third-order valence-corrected chi connectivity index (χ3v) is 1.93. The van der Waals surface area contributed by atoms with Gasteiger partial charge >= 0.3 is 0 Å². The molecule has 1 saturated heterocycles. The molecule has 0 N–H and O–H groups in total. The van der Waals surface area contributed by atoms with Crippen LogP contribution in [0.5, 0.6) is 0 Å². The third kappa shape index (κ3) is 2.19. The largest absolute Gasteiger partial charge is 0.372 e. The molecule has 1 nitrogen and oxygen atoms in total. The van der Waals surface area contributed by atoms with Crippen LogP contribution in [0.2, 0.25) is 0 Å². The second-order valence-corrected chi connectivity index (χ2v) is 2.93. The van der Waals surface area contributed by atoms with E-state index in [2.05, 4.69) is 6.92 Å². The smallest absolute Gasteiger partial charge is 0.0900 e. The molecule has 1 atom stereocenters. The molecule has 0 radical (unpaired) electrons. The van der Waals surface area contributed by atoms with Crippen molar-refractivity contribution in [3.8, 4) is 0 Å². The third-order valence-electron chi connectivity index (χ3n) is 0.910. The van der Waals surface area contributed by atoms with E-state index in [9.17, 15) is 0 Å². The maximum atomic E-state index is 4.99. The van der Waals surface area contributed by atoms with Crippen molar-refractivity contribution in [3.05, 3.63) is 0 Å². The summed E-state index contributed by atoms with van der Waals surface area (Å²) < 4.78 is 4.99. The summed E-state index contributed by atoms with van der Waals surface area (Å²) in [6, 6.07) is 0. The fraction of sp³-hybridized carbons (Fsp3) is 1.00. The van der Waals surface area contributed by atoms with Crippen LogP contribution >= 0.6 is 11.8 Å². The molecule has 0 unspecified atom stereocenters. The van der Waals surface area contributed by atoms with Crippen molar-refractivity contribution >= 4 is 11.8 Å². The van der Waals surface area contributed by atoms with Crippen LogP contribution in [0.3, 0.4) is 0 Å². The second kappa shape index (κ2) is 2.58. The van der Waals surface area contributed by atoms with Gasteiger partial charge in [-0.3, -0.25) is 0 Å². The maximum absolute atomic E-state index is 4.99. The summed E-state index contributed by atoms with van der Waals surface area (Å²) in [5.74, 6) is 2.43. The number of hydrogen-bond acceptors (Lipinski definition) is 2. The van der Waals surface area contributed by atoms with Crippen molar-refractivity contribution in [2.45, 2.75) is 13.0 Å². The highest BCUT2D eigenvalue weighted by molar-refractivity contribution is 7.99. The molecule has 7 heavy (non-hydrogen) atoms. The highest BCUT2D eigenvalue weighted by Crippen LogP contribution is 2.14. The summed E-state index contributed by atoms with van der Waals surface area (Å²) >= 11 is 1.95. The standard InChI is InChI=1S/C5H10OS/c1-2-7-4-5-3-6-5/h5H,2-4H2,1H3/t5-/m0/s1. The van der Waals surface area contributed by atoms with Crippen molar-refractivity contribution < 1.29 is 4.74 Å². The minimum atomic E-state index is 0.616. The Balaban J connectivity index is 1.80. The Morgan fingerprint density at radius 1 is 1.86 bits per heavy atom.